The average Bonchev–Trinajstić information content (AvgIpc) is 2.54. The fourth-order valence-corrected chi connectivity index (χ4v) is 2.14. The molecule has 2 N–H and O–H groups in total. The van der Waals surface area contributed by atoms with E-state index in [-0.39, 0.29) is 5.91 Å². The lowest BCUT2D eigenvalue weighted by molar-refractivity contribution is -0.134. The summed E-state index contributed by atoms with van der Waals surface area (Å²) in [6, 6.07) is 5.62. The molecule has 1 aromatic rings. The van der Waals surface area contributed by atoms with Crippen LogP contribution in [0, 0.1) is 0 Å². The van der Waals surface area contributed by atoms with E-state index in [4.69, 9.17) is 14.2 Å². The van der Waals surface area contributed by atoms with E-state index in [1.807, 2.05) is 25.1 Å². The van der Waals surface area contributed by atoms with Gasteiger partial charge in [-0.05, 0) is 24.6 Å². The predicted octanol–water partition coefficient (Wildman–Crippen LogP) is 0.699. The zero-order chi connectivity index (χ0) is 15.1. The minimum Gasteiger partial charge on any atom is -0.493 e. The van der Waals surface area contributed by atoms with E-state index in [1.54, 1.807) is 7.11 Å². The third kappa shape index (κ3) is 4.34. The molecule has 1 aliphatic heterocycles. The number of carbonyl (C=O) groups is 1. The quantitative estimate of drug-likeness (QED) is 0.808. The molecule has 0 aliphatic carbocycles. The Kier molecular flexibility index (Phi) is 5.83. The Bertz CT molecular complexity index is 473. The molecule has 1 aliphatic rings. The van der Waals surface area contributed by atoms with Crippen molar-refractivity contribution in [1.29, 1.82) is 0 Å². The second-order valence-corrected chi connectivity index (χ2v) is 4.70. The molecular formula is C15H22N2O4. The highest BCUT2D eigenvalue weighted by Gasteiger charge is 2.21. The fraction of sp³-hybridized carbons (Fsp3) is 0.533. The summed E-state index contributed by atoms with van der Waals surface area (Å²) >= 11 is 0. The first kappa shape index (κ1) is 15.6. The van der Waals surface area contributed by atoms with E-state index in [0.717, 1.165) is 12.1 Å². The first-order valence-corrected chi connectivity index (χ1v) is 7.14. The highest BCUT2D eigenvalue weighted by Crippen LogP contribution is 2.27. The highest BCUT2D eigenvalue weighted by molar-refractivity contribution is 5.81. The number of rotatable bonds is 6. The smallest absolute Gasteiger partial charge is 0.250 e. The largest absolute Gasteiger partial charge is 0.493 e. The van der Waals surface area contributed by atoms with Crippen molar-refractivity contribution in [3.05, 3.63) is 23.8 Å². The molecule has 0 aromatic heterocycles. The molecule has 1 unspecified atom stereocenters. The maximum absolute atomic E-state index is 12.0. The molecule has 116 valence electrons. The minimum absolute atomic E-state index is 0.101. The second kappa shape index (κ2) is 7.85. The van der Waals surface area contributed by atoms with Crippen LogP contribution in [0.5, 0.6) is 11.5 Å². The Balaban J connectivity index is 1.92. The standard InChI is InChI=1S/C15H22N2O4/c1-3-20-13-8-11(4-5-12(13)19-2)9-17-15(18)14-10-16-6-7-21-14/h4-5,8,14,16H,3,6-7,9-10H2,1-2H3,(H,17,18). The molecule has 0 spiro atoms. The van der Waals surface area contributed by atoms with Gasteiger partial charge in [-0.25, -0.2) is 0 Å². The number of ether oxygens (including phenoxy) is 3. The Hall–Kier alpha value is -1.79. The third-order valence-corrected chi connectivity index (χ3v) is 3.21. The average molecular weight is 294 g/mol. The predicted molar refractivity (Wildman–Crippen MR) is 78.6 cm³/mol. The van der Waals surface area contributed by atoms with Crippen molar-refractivity contribution < 1.29 is 19.0 Å². The van der Waals surface area contributed by atoms with Crippen molar-refractivity contribution >= 4 is 5.91 Å². The van der Waals surface area contributed by atoms with Gasteiger partial charge < -0.3 is 24.8 Å². The lowest BCUT2D eigenvalue weighted by Crippen LogP contribution is -2.47. The molecule has 21 heavy (non-hydrogen) atoms. The summed E-state index contributed by atoms with van der Waals surface area (Å²) in [7, 11) is 1.60. The first-order chi connectivity index (χ1) is 10.2. The maximum atomic E-state index is 12.0. The van der Waals surface area contributed by atoms with Crippen LogP contribution in [0.15, 0.2) is 18.2 Å². The molecule has 0 bridgehead atoms. The number of carbonyl (C=O) groups excluding carboxylic acids is 1. The van der Waals surface area contributed by atoms with Crippen molar-refractivity contribution in [3.8, 4) is 11.5 Å². The molecule has 6 nitrogen and oxygen atoms in total. The maximum Gasteiger partial charge on any atom is 0.250 e. The third-order valence-electron chi connectivity index (χ3n) is 3.21. The zero-order valence-electron chi connectivity index (χ0n) is 12.5. The highest BCUT2D eigenvalue weighted by atomic mass is 16.5. The van der Waals surface area contributed by atoms with Gasteiger partial charge in [-0.2, -0.15) is 0 Å². The van der Waals surface area contributed by atoms with Gasteiger partial charge in [0.2, 0.25) is 0 Å². The van der Waals surface area contributed by atoms with Crippen molar-refractivity contribution in [2.24, 2.45) is 0 Å². The summed E-state index contributed by atoms with van der Waals surface area (Å²) in [6.07, 6.45) is -0.414. The van der Waals surface area contributed by atoms with Crippen LogP contribution in [0.1, 0.15) is 12.5 Å². The SMILES string of the molecule is CCOc1cc(CNC(=O)C2CNCCO2)ccc1OC. The number of hydrogen-bond donors (Lipinski definition) is 2. The molecular weight excluding hydrogens is 272 g/mol. The second-order valence-electron chi connectivity index (χ2n) is 4.70. The van der Waals surface area contributed by atoms with Gasteiger partial charge in [-0.3, -0.25) is 4.79 Å². The molecule has 0 radical (unpaired) electrons. The molecule has 1 fully saturated rings. The number of morpholine rings is 1. The van der Waals surface area contributed by atoms with Crippen molar-refractivity contribution in [2.45, 2.75) is 19.6 Å². The number of benzene rings is 1. The monoisotopic (exact) mass is 294 g/mol. The normalized spacial score (nSPS) is 18.1. The Morgan fingerprint density at radius 2 is 2.33 bits per heavy atom. The van der Waals surface area contributed by atoms with Gasteiger partial charge in [0.1, 0.15) is 6.10 Å². The summed E-state index contributed by atoms with van der Waals surface area (Å²) in [5, 5.41) is 6.01. The number of methoxy groups -OCH3 is 1. The molecule has 0 saturated carbocycles. The zero-order valence-corrected chi connectivity index (χ0v) is 12.5. The summed E-state index contributed by atoms with van der Waals surface area (Å²) < 4.78 is 16.2. The van der Waals surface area contributed by atoms with Crippen LogP contribution < -0.4 is 20.1 Å². The van der Waals surface area contributed by atoms with E-state index < -0.39 is 6.10 Å². The molecule has 2 rings (SSSR count). The van der Waals surface area contributed by atoms with Crippen LogP contribution in [0.25, 0.3) is 0 Å². The minimum atomic E-state index is -0.414. The molecule has 1 amide bonds. The van der Waals surface area contributed by atoms with E-state index >= 15 is 0 Å². The summed E-state index contributed by atoms with van der Waals surface area (Å²) in [5.41, 5.74) is 0.955. The summed E-state index contributed by atoms with van der Waals surface area (Å²) in [5.74, 6) is 1.27. The van der Waals surface area contributed by atoms with Gasteiger partial charge in [0.25, 0.3) is 5.91 Å². The molecule has 1 saturated heterocycles. The number of amides is 1. The number of nitrogens with one attached hydrogen (secondary N) is 2. The number of hydrogen-bond acceptors (Lipinski definition) is 5. The van der Waals surface area contributed by atoms with E-state index in [9.17, 15) is 4.79 Å². The van der Waals surface area contributed by atoms with E-state index in [0.29, 0.717) is 37.8 Å². The van der Waals surface area contributed by atoms with Gasteiger partial charge in [0.15, 0.2) is 11.5 Å². The van der Waals surface area contributed by atoms with Crippen LogP contribution in [-0.4, -0.2) is 45.4 Å². The van der Waals surface area contributed by atoms with Crippen LogP contribution in [-0.2, 0) is 16.1 Å². The van der Waals surface area contributed by atoms with Gasteiger partial charge >= 0.3 is 0 Å². The van der Waals surface area contributed by atoms with Crippen LogP contribution in [0.2, 0.25) is 0 Å². The summed E-state index contributed by atoms with van der Waals surface area (Å²) in [6.45, 7) is 4.82. The molecule has 6 heteroatoms. The van der Waals surface area contributed by atoms with Gasteiger partial charge in [-0.1, -0.05) is 6.07 Å². The van der Waals surface area contributed by atoms with Gasteiger partial charge in [0.05, 0.1) is 20.3 Å². The van der Waals surface area contributed by atoms with Gasteiger partial charge in [0, 0.05) is 19.6 Å². The van der Waals surface area contributed by atoms with E-state index in [1.165, 1.54) is 0 Å². The Morgan fingerprint density at radius 3 is 3.00 bits per heavy atom. The molecule has 1 heterocycles. The van der Waals surface area contributed by atoms with E-state index in [2.05, 4.69) is 10.6 Å². The lowest BCUT2D eigenvalue weighted by atomic mass is 10.2. The summed E-state index contributed by atoms with van der Waals surface area (Å²) in [4.78, 5) is 12.0. The lowest BCUT2D eigenvalue weighted by Gasteiger charge is -2.22. The first-order valence-electron chi connectivity index (χ1n) is 7.14. The van der Waals surface area contributed by atoms with Crippen molar-refractivity contribution in [2.75, 3.05) is 33.4 Å². The Labute approximate surface area is 124 Å². The molecule has 1 aromatic carbocycles. The van der Waals surface area contributed by atoms with Crippen molar-refractivity contribution in [3.63, 3.8) is 0 Å². The molecule has 1 atom stereocenters. The van der Waals surface area contributed by atoms with Gasteiger partial charge in [-0.15, -0.1) is 0 Å². The van der Waals surface area contributed by atoms with Crippen LogP contribution >= 0.6 is 0 Å². The topological polar surface area (TPSA) is 68.8 Å². The van der Waals surface area contributed by atoms with Crippen molar-refractivity contribution in [1.82, 2.24) is 10.6 Å². The van der Waals surface area contributed by atoms with Crippen LogP contribution in [0.4, 0.5) is 0 Å². The Morgan fingerprint density at radius 1 is 1.48 bits per heavy atom. The van der Waals surface area contributed by atoms with Crippen LogP contribution in [0.3, 0.4) is 0 Å². The fourth-order valence-electron chi connectivity index (χ4n) is 2.14.